The highest BCUT2D eigenvalue weighted by Gasteiger charge is 2.18. The molecule has 1 aromatic carbocycles. The van der Waals surface area contributed by atoms with E-state index in [4.69, 9.17) is 10.00 Å². The fourth-order valence-corrected chi connectivity index (χ4v) is 2.43. The van der Waals surface area contributed by atoms with E-state index >= 15 is 0 Å². The number of benzene rings is 1. The molecule has 0 bridgehead atoms. The van der Waals surface area contributed by atoms with Crippen molar-refractivity contribution in [3.63, 3.8) is 0 Å². The van der Waals surface area contributed by atoms with Crippen LogP contribution in [0.2, 0.25) is 0 Å². The number of aromatic nitrogens is 1. The summed E-state index contributed by atoms with van der Waals surface area (Å²) in [5, 5.41) is 8.99. The largest absolute Gasteiger partial charge is 0.462 e. The van der Waals surface area contributed by atoms with E-state index in [0.717, 1.165) is 0 Å². The minimum Gasteiger partial charge on any atom is -0.462 e. The standard InChI is InChI=1S/C17H16N2O3/c1-4-22-17(21)16-11(2)8-15(20)19(12(16)3)14-7-5-6-13(9-14)10-18/h5-9H,4H2,1-3H3. The van der Waals surface area contributed by atoms with Gasteiger partial charge < -0.3 is 4.74 Å². The summed E-state index contributed by atoms with van der Waals surface area (Å²) in [5.41, 5.74) is 2.20. The zero-order chi connectivity index (χ0) is 16.3. The molecule has 5 nitrogen and oxygen atoms in total. The van der Waals surface area contributed by atoms with E-state index in [0.29, 0.717) is 28.1 Å². The fourth-order valence-electron chi connectivity index (χ4n) is 2.43. The van der Waals surface area contributed by atoms with Crippen LogP contribution in [0.5, 0.6) is 0 Å². The molecule has 5 heteroatoms. The van der Waals surface area contributed by atoms with Crippen LogP contribution in [0.1, 0.15) is 34.1 Å². The van der Waals surface area contributed by atoms with E-state index in [1.807, 2.05) is 6.07 Å². The predicted molar refractivity (Wildman–Crippen MR) is 82.2 cm³/mol. The molecule has 0 N–H and O–H groups in total. The molecule has 0 spiro atoms. The van der Waals surface area contributed by atoms with Crippen LogP contribution in [0, 0.1) is 25.2 Å². The molecule has 112 valence electrons. The van der Waals surface area contributed by atoms with Gasteiger partial charge in [-0.15, -0.1) is 0 Å². The van der Waals surface area contributed by atoms with Gasteiger partial charge in [0.05, 0.1) is 29.5 Å². The van der Waals surface area contributed by atoms with E-state index in [1.165, 1.54) is 10.6 Å². The van der Waals surface area contributed by atoms with Crippen LogP contribution in [0.15, 0.2) is 35.1 Å². The lowest BCUT2D eigenvalue weighted by molar-refractivity contribution is 0.0523. The second kappa shape index (κ2) is 6.27. The smallest absolute Gasteiger partial charge is 0.340 e. The molecular weight excluding hydrogens is 280 g/mol. The van der Waals surface area contributed by atoms with Crippen LogP contribution in [-0.2, 0) is 4.74 Å². The fraction of sp³-hybridized carbons (Fsp3) is 0.235. The minimum absolute atomic E-state index is 0.252. The second-order valence-electron chi connectivity index (χ2n) is 4.84. The van der Waals surface area contributed by atoms with Crippen molar-refractivity contribution in [1.29, 1.82) is 5.26 Å². The first kappa shape index (κ1) is 15.5. The van der Waals surface area contributed by atoms with Crippen molar-refractivity contribution < 1.29 is 9.53 Å². The molecule has 2 aromatic rings. The SMILES string of the molecule is CCOC(=O)c1c(C)cc(=O)n(-c2cccc(C#N)c2)c1C. The Morgan fingerprint density at radius 3 is 2.68 bits per heavy atom. The van der Waals surface area contributed by atoms with E-state index in [1.54, 1.807) is 45.0 Å². The van der Waals surface area contributed by atoms with Gasteiger partial charge in [-0.05, 0) is 44.5 Å². The summed E-state index contributed by atoms with van der Waals surface area (Å²) in [7, 11) is 0. The van der Waals surface area contributed by atoms with Gasteiger partial charge in [0.25, 0.3) is 5.56 Å². The van der Waals surface area contributed by atoms with E-state index in [9.17, 15) is 9.59 Å². The Hall–Kier alpha value is -2.87. The van der Waals surface area contributed by atoms with Gasteiger partial charge in [-0.1, -0.05) is 6.07 Å². The molecule has 0 aliphatic heterocycles. The van der Waals surface area contributed by atoms with Crippen molar-refractivity contribution in [3.8, 4) is 11.8 Å². The number of aryl methyl sites for hydroxylation is 1. The molecular formula is C17H16N2O3. The topological polar surface area (TPSA) is 72.1 Å². The first-order valence-corrected chi connectivity index (χ1v) is 6.90. The number of hydrogen-bond acceptors (Lipinski definition) is 4. The number of carbonyl (C=O) groups is 1. The van der Waals surface area contributed by atoms with Crippen LogP contribution in [0.3, 0.4) is 0 Å². The Morgan fingerprint density at radius 1 is 1.32 bits per heavy atom. The van der Waals surface area contributed by atoms with Gasteiger partial charge in [0.2, 0.25) is 0 Å². The normalized spacial score (nSPS) is 10.1. The number of nitriles is 1. The lowest BCUT2D eigenvalue weighted by Crippen LogP contribution is -2.24. The van der Waals surface area contributed by atoms with E-state index < -0.39 is 5.97 Å². The summed E-state index contributed by atoms with van der Waals surface area (Å²) in [6, 6.07) is 10.1. The van der Waals surface area contributed by atoms with E-state index in [-0.39, 0.29) is 12.2 Å². The van der Waals surface area contributed by atoms with Gasteiger partial charge in [0.15, 0.2) is 0 Å². The number of carbonyl (C=O) groups excluding carboxylic acids is 1. The predicted octanol–water partition coefficient (Wildman–Crippen LogP) is 2.50. The lowest BCUT2D eigenvalue weighted by Gasteiger charge is -2.15. The highest BCUT2D eigenvalue weighted by Crippen LogP contribution is 2.17. The third kappa shape index (κ3) is 2.77. The molecule has 1 heterocycles. The first-order valence-electron chi connectivity index (χ1n) is 6.90. The molecule has 0 fully saturated rings. The van der Waals surface area contributed by atoms with Crippen molar-refractivity contribution in [2.45, 2.75) is 20.8 Å². The maximum atomic E-state index is 12.3. The third-order valence-corrected chi connectivity index (χ3v) is 3.36. The minimum atomic E-state index is -0.456. The summed E-state index contributed by atoms with van der Waals surface area (Å²) in [5.74, 6) is -0.456. The first-order chi connectivity index (χ1) is 10.5. The second-order valence-corrected chi connectivity index (χ2v) is 4.84. The van der Waals surface area contributed by atoms with Crippen LogP contribution in [0.25, 0.3) is 5.69 Å². The molecule has 0 radical (unpaired) electrons. The average molecular weight is 296 g/mol. The van der Waals surface area contributed by atoms with Crippen molar-refractivity contribution >= 4 is 5.97 Å². The maximum absolute atomic E-state index is 12.3. The molecule has 0 saturated carbocycles. The summed E-state index contributed by atoms with van der Waals surface area (Å²) >= 11 is 0. The van der Waals surface area contributed by atoms with Crippen molar-refractivity contribution in [2.24, 2.45) is 0 Å². The Balaban J connectivity index is 2.71. The van der Waals surface area contributed by atoms with Gasteiger partial charge in [-0.2, -0.15) is 5.26 Å². The molecule has 0 saturated heterocycles. The third-order valence-electron chi connectivity index (χ3n) is 3.36. The van der Waals surface area contributed by atoms with Gasteiger partial charge in [-0.25, -0.2) is 4.79 Å². The van der Waals surface area contributed by atoms with Crippen LogP contribution >= 0.6 is 0 Å². The highest BCUT2D eigenvalue weighted by atomic mass is 16.5. The summed E-state index contributed by atoms with van der Waals surface area (Å²) in [4.78, 5) is 24.4. The van der Waals surface area contributed by atoms with Gasteiger partial charge in [0, 0.05) is 11.8 Å². The van der Waals surface area contributed by atoms with Crippen molar-refractivity contribution in [3.05, 3.63) is 63.1 Å². The van der Waals surface area contributed by atoms with E-state index in [2.05, 4.69) is 0 Å². The highest BCUT2D eigenvalue weighted by molar-refractivity contribution is 5.92. The van der Waals surface area contributed by atoms with Gasteiger partial charge >= 0.3 is 5.97 Å². The van der Waals surface area contributed by atoms with Crippen LogP contribution in [-0.4, -0.2) is 17.1 Å². The average Bonchev–Trinajstić information content (AvgIpc) is 2.47. The number of ether oxygens (including phenoxy) is 1. The van der Waals surface area contributed by atoms with Crippen LogP contribution in [0.4, 0.5) is 0 Å². The number of nitrogens with zero attached hydrogens (tertiary/aromatic N) is 2. The summed E-state index contributed by atoms with van der Waals surface area (Å²) in [6.07, 6.45) is 0. The maximum Gasteiger partial charge on any atom is 0.340 e. The molecule has 0 aliphatic carbocycles. The van der Waals surface area contributed by atoms with Gasteiger partial charge in [-0.3, -0.25) is 9.36 Å². The van der Waals surface area contributed by atoms with Crippen LogP contribution < -0.4 is 5.56 Å². The molecule has 0 atom stereocenters. The lowest BCUT2D eigenvalue weighted by atomic mass is 10.1. The Kier molecular flexibility index (Phi) is 4.42. The number of hydrogen-bond donors (Lipinski definition) is 0. The zero-order valence-corrected chi connectivity index (χ0v) is 12.7. The quantitative estimate of drug-likeness (QED) is 0.816. The zero-order valence-electron chi connectivity index (χ0n) is 12.7. The van der Waals surface area contributed by atoms with Crippen molar-refractivity contribution in [1.82, 2.24) is 4.57 Å². The summed E-state index contributed by atoms with van der Waals surface area (Å²) in [6.45, 7) is 5.39. The Labute approximate surface area is 128 Å². The molecule has 0 unspecified atom stereocenters. The molecule has 1 aromatic heterocycles. The molecule has 0 amide bonds. The summed E-state index contributed by atoms with van der Waals surface area (Å²) < 4.78 is 6.48. The Morgan fingerprint density at radius 2 is 2.05 bits per heavy atom. The monoisotopic (exact) mass is 296 g/mol. The number of pyridine rings is 1. The van der Waals surface area contributed by atoms with Gasteiger partial charge in [0.1, 0.15) is 0 Å². The molecule has 2 rings (SSSR count). The molecule has 22 heavy (non-hydrogen) atoms. The number of rotatable bonds is 3. The Bertz CT molecular complexity index is 829. The molecule has 0 aliphatic rings. The number of esters is 1. The van der Waals surface area contributed by atoms with Crippen molar-refractivity contribution in [2.75, 3.05) is 6.61 Å².